The van der Waals surface area contributed by atoms with Crippen LogP contribution in [0.25, 0.3) is 28.0 Å². The van der Waals surface area contributed by atoms with Gasteiger partial charge in [0.2, 0.25) is 0 Å². The van der Waals surface area contributed by atoms with E-state index in [9.17, 15) is 4.79 Å². The number of benzene rings is 1. The van der Waals surface area contributed by atoms with Gasteiger partial charge < -0.3 is 20.9 Å². The van der Waals surface area contributed by atoms with Crippen LogP contribution in [0, 0.1) is 20.8 Å². The molecule has 1 aromatic carbocycles. The first kappa shape index (κ1) is 24.2. The SMILES string of the molecule is CCc1nccc(-c2nc(C)nc3c2c(C(=O)OC)c(N)n3-c2c(C)ccc(OC)c2C)c1CN. The fourth-order valence-corrected chi connectivity index (χ4v) is 4.71. The first-order chi connectivity index (χ1) is 16.8. The predicted octanol–water partition coefficient (Wildman–Crippen LogP) is 3.81. The Balaban J connectivity index is 2.23. The van der Waals surface area contributed by atoms with Crippen molar-refractivity contribution in [2.24, 2.45) is 5.73 Å². The quantitative estimate of drug-likeness (QED) is 0.403. The summed E-state index contributed by atoms with van der Waals surface area (Å²) in [4.78, 5) is 27.1. The molecule has 4 aromatic rings. The first-order valence-corrected chi connectivity index (χ1v) is 11.4. The molecular formula is C26H30N6O3. The molecule has 0 aliphatic carbocycles. The summed E-state index contributed by atoms with van der Waals surface area (Å²) in [5, 5.41) is 0.504. The van der Waals surface area contributed by atoms with E-state index in [4.69, 9.17) is 30.9 Å². The van der Waals surface area contributed by atoms with Gasteiger partial charge in [0.05, 0.1) is 31.0 Å². The third kappa shape index (κ3) is 3.77. The minimum absolute atomic E-state index is 0.206. The van der Waals surface area contributed by atoms with E-state index in [0.29, 0.717) is 34.7 Å². The van der Waals surface area contributed by atoms with Gasteiger partial charge in [0.25, 0.3) is 0 Å². The molecule has 0 radical (unpaired) electrons. The summed E-state index contributed by atoms with van der Waals surface area (Å²) in [6.07, 6.45) is 2.44. The minimum Gasteiger partial charge on any atom is -0.496 e. The number of nitrogens with zero attached hydrogens (tertiary/aromatic N) is 4. The van der Waals surface area contributed by atoms with Crippen LogP contribution in [0.2, 0.25) is 0 Å². The van der Waals surface area contributed by atoms with Crippen LogP contribution in [0.15, 0.2) is 24.4 Å². The first-order valence-electron chi connectivity index (χ1n) is 11.4. The number of rotatable bonds is 6. The average molecular weight is 475 g/mol. The number of aryl methyl sites for hydroxylation is 3. The number of nitrogens with two attached hydrogens (primary N) is 2. The number of methoxy groups -OCH3 is 2. The van der Waals surface area contributed by atoms with E-state index in [1.54, 1.807) is 17.9 Å². The number of hydrogen-bond donors (Lipinski definition) is 2. The fourth-order valence-electron chi connectivity index (χ4n) is 4.71. The van der Waals surface area contributed by atoms with Gasteiger partial charge in [-0.15, -0.1) is 0 Å². The summed E-state index contributed by atoms with van der Waals surface area (Å²) in [5.74, 6) is 0.868. The van der Waals surface area contributed by atoms with Gasteiger partial charge in [-0.3, -0.25) is 9.55 Å². The number of pyridine rings is 1. The molecule has 0 spiro atoms. The molecule has 0 saturated heterocycles. The Hall–Kier alpha value is -3.98. The zero-order chi connectivity index (χ0) is 25.4. The molecule has 0 aliphatic heterocycles. The van der Waals surface area contributed by atoms with Crippen LogP contribution in [0.4, 0.5) is 5.82 Å². The second-order valence-corrected chi connectivity index (χ2v) is 8.31. The number of fused-ring (bicyclic) bond motifs is 1. The van der Waals surface area contributed by atoms with Gasteiger partial charge in [-0.25, -0.2) is 14.8 Å². The van der Waals surface area contributed by atoms with Crippen molar-refractivity contribution in [2.45, 2.75) is 40.7 Å². The van der Waals surface area contributed by atoms with E-state index in [1.165, 1.54) is 7.11 Å². The Bertz CT molecular complexity index is 1460. The summed E-state index contributed by atoms with van der Waals surface area (Å²) in [7, 11) is 2.95. The molecule has 3 aromatic heterocycles. The summed E-state index contributed by atoms with van der Waals surface area (Å²) < 4.78 is 12.5. The Morgan fingerprint density at radius 3 is 2.49 bits per heavy atom. The lowest BCUT2D eigenvalue weighted by molar-refractivity contribution is 0.0604. The van der Waals surface area contributed by atoms with Gasteiger partial charge in [0.15, 0.2) is 5.65 Å². The Morgan fingerprint density at radius 2 is 1.86 bits per heavy atom. The van der Waals surface area contributed by atoms with E-state index >= 15 is 0 Å². The van der Waals surface area contributed by atoms with Gasteiger partial charge in [-0.2, -0.15) is 0 Å². The highest BCUT2D eigenvalue weighted by molar-refractivity contribution is 6.13. The van der Waals surface area contributed by atoms with Crippen molar-refractivity contribution in [1.82, 2.24) is 19.5 Å². The van der Waals surface area contributed by atoms with Crippen LogP contribution >= 0.6 is 0 Å². The number of ether oxygens (including phenoxy) is 2. The molecule has 0 atom stereocenters. The van der Waals surface area contributed by atoms with E-state index in [0.717, 1.165) is 33.6 Å². The molecule has 3 heterocycles. The third-order valence-electron chi connectivity index (χ3n) is 6.32. The molecule has 4 N–H and O–H groups in total. The van der Waals surface area contributed by atoms with Crippen LogP contribution in [0.3, 0.4) is 0 Å². The van der Waals surface area contributed by atoms with E-state index in [2.05, 4.69) is 4.98 Å². The number of esters is 1. The van der Waals surface area contributed by atoms with Crippen molar-refractivity contribution in [3.63, 3.8) is 0 Å². The van der Waals surface area contributed by atoms with Crippen LogP contribution in [-0.4, -0.2) is 39.7 Å². The minimum atomic E-state index is -0.572. The number of hydrogen-bond acceptors (Lipinski definition) is 8. The molecule has 0 fully saturated rings. The highest BCUT2D eigenvalue weighted by Crippen LogP contribution is 2.40. The zero-order valence-electron chi connectivity index (χ0n) is 20.9. The molecule has 0 saturated carbocycles. The molecule has 0 amide bonds. The largest absolute Gasteiger partial charge is 0.496 e. The van der Waals surface area contributed by atoms with Crippen LogP contribution in [0.5, 0.6) is 5.75 Å². The molecule has 0 unspecified atom stereocenters. The molecule has 0 bridgehead atoms. The van der Waals surface area contributed by atoms with Gasteiger partial charge in [0.1, 0.15) is 23.0 Å². The molecule has 9 nitrogen and oxygen atoms in total. The summed E-state index contributed by atoms with van der Waals surface area (Å²) >= 11 is 0. The molecule has 9 heteroatoms. The maximum Gasteiger partial charge on any atom is 0.342 e. The van der Waals surface area contributed by atoms with Crippen LogP contribution < -0.4 is 16.2 Å². The monoisotopic (exact) mass is 474 g/mol. The van der Waals surface area contributed by atoms with Crippen molar-refractivity contribution in [3.05, 3.63) is 58.2 Å². The summed E-state index contributed by atoms with van der Waals surface area (Å²) in [5.41, 5.74) is 19.2. The lowest BCUT2D eigenvalue weighted by Gasteiger charge is -2.17. The van der Waals surface area contributed by atoms with Gasteiger partial charge >= 0.3 is 5.97 Å². The molecule has 35 heavy (non-hydrogen) atoms. The topological polar surface area (TPSA) is 131 Å². The highest BCUT2D eigenvalue weighted by Gasteiger charge is 2.29. The van der Waals surface area contributed by atoms with Crippen molar-refractivity contribution in [2.75, 3.05) is 20.0 Å². The summed E-state index contributed by atoms with van der Waals surface area (Å²) in [6.45, 7) is 8.03. The Kier molecular flexibility index (Phi) is 6.45. The van der Waals surface area contributed by atoms with Crippen molar-refractivity contribution >= 4 is 22.8 Å². The number of carbonyl (C=O) groups excluding carboxylic acids is 1. The standard InChI is InChI=1S/C26H30N6O3/c1-7-18-17(12-27)16(10-11-29-18)22-20-21(26(33)35-6)24(28)32(25(20)31-15(4)30-22)23-13(2)8-9-19(34-5)14(23)3/h8-11H,7,12,27-28H2,1-6H3. The van der Waals surface area contributed by atoms with E-state index in [1.807, 2.05) is 45.9 Å². The molecule has 182 valence electrons. The zero-order valence-corrected chi connectivity index (χ0v) is 20.9. The number of aromatic nitrogens is 4. The normalized spacial score (nSPS) is 11.2. The second kappa shape index (κ2) is 9.34. The molecule has 4 rings (SSSR count). The van der Waals surface area contributed by atoms with Crippen molar-refractivity contribution < 1.29 is 14.3 Å². The van der Waals surface area contributed by atoms with Gasteiger partial charge in [-0.1, -0.05) is 13.0 Å². The predicted molar refractivity (Wildman–Crippen MR) is 136 cm³/mol. The number of anilines is 1. The maximum absolute atomic E-state index is 13.1. The van der Waals surface area contributed by atoms with Crippen molar-refractivity contribution in [3.8, 4) is 22.7 Å². The van der Waals surface area contributed by atoms with E-state index in [-0.39, 0.29) is 17.9 Å². The molecule has 0 aliphatic rings. The second-order valence-electron chi connectivity index (χ2n) is 8.31. The highest BCUT2D eigenvalue weighted by atomic mass is 16.5. The lowest BCUT2D eigenvalue weighted by atomic mass is 9.99. The summed E-state index contributed by atoms with van der Waals surface area (Å²) in [6, 6.07) is 5.71. The molecular weight excluding hydrogens is 444 g/mol. The van der Waals surface area contributed by atoms with Gasteiger partial charge in [0, 0.05) is 29.6 Å². The number of nitrogen functional groups attached to an aromatic ring is 1. The van der Waals surface area contributed by atoms with Crippen molar-refractivity contribution in [1.29, 1.82) is 0 Å². The Morgan fingerprint density at radius 1 is 1.11 bits per heavy atom. The van der Waals surface area contributed by atoms with E-state index < -0.39 is 5.97 Å². The smallest absolute Gasteiger partial charge is 0.342 e. The van der Waals surface area contributed by atoms with Crippen LogP contribution in [0.1, 0.15) is 45.5 Å². The fraction of sp³-hybridized carbons (Fsp3) is 0.308. The Labute approximate surface area is 204 Å². The number of carbonyl (C=O) groups is 1. The van der Waals surface area contributed by atoms with Crippen LogP contribution in [-0.2, 0) is 17.7 Å². The lowest BCUT2D eigenvalue weighted by Crippen LogP contribution is -2.09. The van der Waals surface area contributed by atoms with Gasteiger partial charge in [-0.05, 0) is 50.5 Å². The third-order valence-corrected chi connectivity index (χ3v) is 6.32. The average Bonchev–Trinajstić information content (AvgIpc) is 3.14. The maximum atomic E-state index is 13.1.